The molecule has 2 N–H and O–H groups in total. The van der Waals surface area contributed by atoms with Gasteiger partial charge in [-0.15, -0.1) is 0 Å². The van der Waals surface area contributed by atoms with Gasteiger partial charge in [0.2, 0.25) is 0 Å². The van der Waals surface area contributed by atoms with Crippen LogP contribution in [0.25, 0.3) is 0 Å². The Morgan fingerprint density at radius 2 is 1.38 bits per heavy atom. The van der Waals surface area contributed by atoms with E-state index in [1.807, 2.05) is 0 Å². The minimum Gasteiger partial charge on any atom is -0.380 e. The van der Waals surface area contributed by atoms with E-state index in [1.165, 1.54) is 30.8 Å². The van der Waals surface area contributed by atoms with E-state index in [4.69, 9.17) is 5.26 Å². The summed E-state index contributed by atoms with van der Waals surface area (Å²) in [5.74, 6) is -4.46. The van der Waals surface area contributed by atoms with Gasteiger partial charge in [-0.1, -0.05) is 51.4 Å². The molecule has 0 saturated carbocycles. The van der Waals surface area contributed by atoms with Gasteiger partial charge >= 0.3 is 18.3 Å². The molecule has 0 aromatic heterocycles. The third kappa shape index (κ3) is 13.1. The van der Waals surface area contributed by atoms with Gasteiger partial charge in [0.15, 0.2) is 0 Å². The van der Waals surface area contributed by atoms with Gasteiger partial charge in [0, 0.05) is 12.1 Å². The topological polar surface area (TPSA) is 73.1 Å². The molecule has 0 heterocycles. The van der Waals surface area contributed by atoms with E-state index >= 15 is 0 Å². The number of halogens is 8. The third-order valence-corrected chi connectivity index (χ3v) is 7.49. The highest BCUT2D eigenvalue weighted by molar-refractivity contribution is 7.99. The second-order valence-corrected chi connectivity index (χ2v) is 11.2. The molecule has 13 heteroatoms. The first-order valence-corrected chi connectivity index (χ1v) is 14.3. The van der Waals surface area contributed by atoms with Crippen molar-refractivity contribution in [2.75, 3.05) is 16.8 Å². The van der Waals surface area contributed by atoms with Crippen LogP contribution in [0.3, 0.4) is 0 Å². The van der Waals surface area contributed by atoms with Gasteiger partial charge in [0.1, 0.15) is 5.60 Å². The Labute approximate surface area is 233 Å². The van der Waals surface area contributed by atoms with Crippen molar-refractivity contribution in [3.63, 3.8) is 0 Å². The number of rotatable bonds is 18. The zero-order valence-electron chi connectivity index (χ0n) is 22.4. The SMILES string of the molecule is C[C@](O)(CCCCCCCCCCCSCCCC(F)(F)C(F)(F)F)C(=O)Nc1ccc(C#N)c(C(F)(F)F)c1. The fraction of sp³-hybridized carbons (Fsp3) is 0.704. The molecule has 1 aromatic rings. The van der Waals surface area contributed by atoms with E-state index in [1.54, 1.807) is 0 Å². The molecule has 0 unspecified atom stereocenters. The summed E-state index contributed by atoms with van der Waals surface area (Å²) in [7, 11) is 0. The number of nitrogens with zero attached hydrogens (tertiary/aromatic N) is 1. The normalized spacial score (nSPS) is 14.0. The summed E-state index contributed by atoms with van der Waals surface area (Å²) in [6.45, 7) is 1.30. The van der Waals surface area contributed by atoms with Gasteiger partial charge in [0.25, 0.3) is 5.91 Å². The molecule has 0 aliphatic rings. The predicted octanol–water partition coefficient (Wildman–Crippen LogP) is 8.88. The minimum absolute atomic E-state index is 0.132. The van der Waals surface area contributed by atoms with Gasteiger partial charge in [-0.05, 0) is 55.9 Å². The van der Waals surface area contributed by atoms with Crippen LogP contribution >= 0.6 is 11.8 Å². The molecule has 1 aromatic carbocycles. The lowest BCUT2D eigenvalue weighted by molar-refractivity contribution is -0.284. The molecule has 0 aliphatic carbocycles. The van der Waals surface area contributed by atoms with Crippen molar-refractivity contribution in [3.8, 4) is 6.07 Å². The molecule has 0 spiro atoms. The first kappa shape index (κ1) is 36.0. The molecule has 1 atom stereocenters. The van der Waals surface area contributed by atoms with Crippen molar-refractivity contribution in [2.24, 2.45) is 0 Å². The smallest absolute Gasteiger partial charge is 0.380 e. The fourth-order valence-electron chi connectivity index (χ4n) is 3.88. The standard InChI is InChI=1S/C27H36F8N2O2S/c1-24(39,23(38)37-21-13-12-20(19-36)22(18-21)26(30,31)32)14-9-7-5-3-2-4-6-8-10-16-40-17-11-15-25(28,29)27(33,34)35/h12-13,18,39H,2-11,14-17H2,1H3,(H,37,38)/t24-/m0/s1. The molecular formula is C27H36F8N2O2S. The average Bonchev–Trinajstić information content (AvgIpc) is 2.85. The molecule has 1 amide bonds. The highest BCUT2D eigenvalue weighted by Crippen LogP contribution is 2.39. The molecule has 4 nitrogen and oxygen atoms in total. The van der Waals surface area contributed by atoms with Gasteiger partial charge in [0.05, 0.1) is 17.2 Å². The molecule has 40 heavy (non-hydrogen) atoms. The van der Waals surface area contributed by atoms with Crippen LogP contribution in [0.1, 0.15) is 95.1 Å². The Morgan fingerprint density at radius 3 is 1.90 bits per heavy atom. The average molecular weight is 605 g/mol. The summed E-state index contributed by atoms with van der Waals surface area (Å²) in [6.07, 6.45) is -3.50. The van der Waals surface area contributed by atoms with E-state index in [0.29, 0.717) is 12.5 Å². The maximum atomic E-state index is 13.1. The number of benzene rings is 1. The first-order chi connectivity index (χ1) is 18.5. The highest BCUT2D eigenvalue weighted by Gasteiger charge is 2.56. The fourth-order valence-corrected chi connectivity index (χ4v) is 4.84. The van der Waals surface area contributed by atoms with Crippen LogP contribution in [-0.4, -0.2) is 40.2 Å². The molecular weight excluding hydrogens is 568 g/mol. The summed E-state index contributed by atoms with van der Waals surface area (Å²) in [5.41, 5.74) is -3.67. The number of alkyl halides is 8. The number of hydrogen-bond donors (Lipinski definition) is 2. The van der Waals surface area contributed by atoms with Crippen LogP contribution in [0.4, 0.5) is 40.8 Å². The Balaban J connectivity index is 2.13. The molecule has 0 radical (unpaired) electrons. The third-order valence-electron chi connectivity index (χ3n) is 6.34. The minimum atomic E-state index is -5.49. The second-order valence-electron chi connectivity index (χ2n) is 9.95. The number of nitriles is 1. The molecule has 1 rings (SSSR count). The van der Waals surface area contributed by atoms with Crippen molar-refractivity contribution in [1.29, 1.82) is 5.26 Å². The van der Waals surface area contributed by atoms with Crippen molar-refractivity contribution in [3.05, 3.63) is 29.3 Å². The van der Waals surface area contributed by atoms with Crippen LogP contribution in [0.15, 0.2) is 18.2 Å². The highest BCUT2D eigenvalue weighted by atomic mass is 32.2. The van der Waals surface area contributed by atoms with E-state index in [9.17, 15) is 45.0 Å². The summed E-state index contributed by atoms with van der Waals surface area (Å²) in [4.78, 5) is 12.4. The summed E-state index contributed by atoms with van der Waals surface area (Å²) >= 11 is 1.38. The van der Waals surface area contributed by atoms with E-state index in [-0.39, 0.29) is 24.3 Å². The Morgan fingerprint density at radius 1 is 0.850 bits per heavy atom. The zero-order valence-corrected chi connectivity index (χ0v) is 23.2. The molecule has 0 bridgehead atoms. The maximum absolute atomic E-state index is 13.1. The van der Waals surface area contributed by atoms with Gasteiger partial charge in [-0.3, -0.25) is 4.79 Å². The van der Waals surface area contributed by atoms with Crippen LogP contribution < -0.4 is 5.32 Å². The number of aliphatic hydroxyl groups is 1. The number of hydrogen-bond acceptors (Lipinski definition) is 4. The van der Waals surface area contributed by atoms with Crippen molar-refractivity contribution in [2.45, 2.75) is 108 Å². The van der Waals surface area contributed by atoms with Crippen LogP contribution in [-0.2, 0) is 11.0 Å². The molecule has 228 valence electrons. The van der Waals surface area contributed by atoms with Crippen LogP contribution in [0.2, 0.25) is 0 Å². The van der Waals surface area contributed by atoms with Crippen molar-refractivity contribution >= 4 is 23.4 Å². The summed E-state index contributed by atoms with van der Waals surface area (Å²) in [6, 6.07) is 4.26. The van der Waals surface area contributed by atoms with Crippen LogP contribution in [0.5, 0.6) is 0 Å². The second kappa shape index (κ2) is 16.4. The zero-order chi connectivity index (χ0) is 30.5. The number of carbonyl (C=O) groups excluding carboxylic acids is 1. The summed E-state index contributed by atoms with van der Waals surface area (Å²) < 4.78 is 101. The Hall–Kier alpha value is -2.07. The lowest BCUT2D eigenvalue weighted by atomic mass is 9.96. The number of anilines is 1. The quantitative estimate of drug-likeness (QED) is 0.130. The monoisotopic (exact) mass is 604 g/mol. The lowest BCUT2D eigenvalue weighted by Crippen LogP contribution is -2.40. The largest absolute Gasteiger partial charge is 0.453 e. The van der Waals surface area contributed by atoms with Crippen molar-refractivity contribution < 1.29 is 45.0 Å². The lowest BCUT2D eigenvalue weighted by Gasteiger charge is -2.22. The van der Waals surface area contributed by atoms with Gasteiger partial charge in [-0.2, -0.15) is 52.1 Å². The van der Waals surface area contributed by atoms with Gasteiger partial charge in [-0.25, -0.2) is 0 Å². The number of thioether (sulfide) groups is 1. The maximum Gasteiger partial charge on any atom is 0.453 e. The number of unbranched alkanes of at least 4 members (excludes halogenated alkanes) is 8. The molecule has 0 fully saturated rings. The number of amides is 1. The Kier molecular flexibility index (Phi) is 14.7. The van der Waals surface area contributed by atoms with E-state index in [0.717, 1.165) is 63.2 Å². The first-order valence-electron chi connectivity index (χ1n) is 13.2. The predicted molar refractivity (Wildman–Crippen MR) is 139 cm³/mol. The summed E-state index contributed by atoms with van der Waals surface area (Å²) in [5, 5.41) is 21.6. The molecule has 0 saturated heterocycles. The molecule has 0 aliphatic heterocycles. The van der Waals surface area contributed by atoms with E-state index in [2.05, 4.69) is 5.32 Å². The van der Waals surface area contributed by atoms with Gasteiger partial charge < -0.3 is 10.4 Å². The Bertz CT molecular complexity index is 959. The van der Waals surface area contributed by atoms with Crippen LogP contribution in [0, 0.1) is 11.3 Å². The van der Waals surface area contributed by atoms with E-state index < -0.39 is 47.3 Å². The van der Waals surface area contributed by atoms with Crippen molar-refractivity contribution in [1.82, 2.24) is 0 Å². The number of nitrogens with one attached hydrogen (secondary N) is 1. The number of carbonyl (C=O) groups is 1.